The van der Waals surface area contributed by atoms with Gasteiger partial charge in [0.15, 0.2) is 5.17 Å². The Balaban J connectivity index is 1.49. The average Bonchev–Trinajstić information content (AvgIpc) is 3.46. The number of aliphatic imine (C=N–C) groups is 1. The number of thioether (sulfide) groups is 1. The third-order valence-corrected chi connectivity index (χ3v) is 7.32. The van der Waals surface area contributed by atoms with Crippen LogP contribution in [0.1, 0.15) is 38.3 Å². The van der Waals surface area contributed by atoms with Crippen molar-refractivity contribution in [2.24, 2.45) is 4.99 Å². The summed E-state index contributed by atoms with van der Waals surface area (Å²) in [5.74, 6) is 0.629. The van der Waals surface area contributed by atoms with Gasteiger partial charge in [-0.05, 0) is 80.9 Å². The highest BCUT2D eigenvalue weighted by Gasteiger charge is 2.31. The van der Waals surface area contributed by atoms with Gasteiger partial charge >= 0.3 is 0 Å². The second kappa shape index (κ2) is 10.9. The summed E-state index contributed by atoms with van der Waals surface area (Å²) in [6, 6.07) is 16.0. The first-order chi connectivity index (χ1) is 17.9. The van der Waals surface area contributed by atoms with E-state index in [1.165, 1.54) is 11.8 Å². The predicted molar refractivity (Wildman–Crippen MR) is 149 cm³/mol. The number of amides is 1. The summed E-state index contributed by atoms with van der Waals surface area (Å²) in [4.78, 5) is 20.1. The van der Waals surface area contributed by atoms with Gasteiger partial charge in [0.05, 0.1) is 29.4 Å². The van der Waals surface area contributed by atoms with Crippen LogP contribution in [0, 0.1) is 6.92 Å². The lowest BCUT2D eigenvalue weighted by Gasteiger charge is -2.35. The Morgan fingerprint density at radius 1 is 1.14 bits per heavy atom. The molecule has 0 radical (unpaired) electrons. The number of carbonyl (C=O) groups is 1. The third-order valence-electron chi connectivity index (χ3n) is 6.28. The van der Waals surface area contributed by atoms with Gasteiger partial charge in [-0.15, -0.1) is 0 Å². The molecule has 1 aromatic heterocycles. The minimum absolute atomic E-state index is 0.0955. The number of aryl methyl sites for hydroxylation is 1. The summed E-state index contributed by atoms with van der Waals surface area (Å²) < 4.78 is 13.5. The van der Waals surface area contributed by atoms with Crippen molar-refractivity contribution in [3.63, 3.8) is 0 Å². The molecule has 1 amide bonds. The molecule has 0 bridgehead atoms. The maximum Gasteiger partial charge on any atom is 0.286 e. The van der Waals surface area contributed by atoms with E-state index in [1.54, 1.807) is 0 Å². The van der Waals surface area contributed by atoms with Crippen molar-refractivity contribution in [2.75, 3.05) is 19.7 Å². The quantitative estimate of drug-likeness (QED) is 0.391. The van der Waals surface area contributed by atoms with Gasteiger partial charge in [0.1, 0.15) is 11.4 Å². The van der Waals surface area contributed by atoms with Gasteiger partial charge in [-0.2, -0.15) is 10.1 Å². The fraction of sp³-hybridized carbons (Fsp3) is 0.345. The highest BCUT2D eigenvalue weighted by molar-refractivity contribution is 8.18. The minimum Gasteiger partial charge on any atom is -0.494 e. The number of hydrogen-bond acceptors (Lipinski definition) is 6. The van der Waals surface area contributed by atoms with Gasteiger partial charge in [-0.25, -0.2) is 4.68 Å². The fourth-order valence-corrected chi connectivity index (χ4v) is 5.56. The Morgan fingerprint density at radius 3 is 2.59 bits per heavy atom. The second-order valence-corrected chi connectivity index (χ2v) is 10.5. The maximum atomic E-state index is 13.0. The lowest BCUT2D eigenvalue weighted by molar-refractivity contribution is -0.113. The van der Waals surface area contributed by atoms with E-state index < -0.39 is 0 Å². The number of amidine groups is 1. The van der Waals surface area contributed by atoms with Gasteiger partial charge < -0.3 is 14.4 Å². The van der Waals surface area contributed by atoms with Crippen molar-refractivity contribution in [3.05, 3.63) is 70.8 Å². The number of ether oxygens (including phenoxy) is 2. The molecule has 37 heavy (non-hydrogen) atoms. The van der Waals surface area contributed by atoms with Crippen LogP contribution in [-0.4, -0.2) is 57.7 Å². The van der Waals surface area contributed by atoms with Crippen LogP contribution in [0.4, 0.5) is 0 Å². The van der Waals surface area contributed by atoms with Crippen LogP contribution in [0.2, 0.25) is 0 Å². The maximum absolute atomic E-state index is 13.0. The number of carbonyl (C=O) groups excluding carboxylic acids is 1. The summed E-state index contributed by atoms with van der Waals surface area (Å²) in [6.07, 6.45) is 5.04. The number of rotatable bonds is 6. The van der Waals surface area contributed by atoms with Crippen molar-refractivity contribution in [1.82, 2.24) is 14.7 Å². The highest BCUT2D eigenvalue weighted by atomic mass is 32.2. The zero-order chi connectivity index (χ0) is 25.9. The van der Waals surface area contributed by atoms with Gasteiger partial charge in [-0.1, -0.05) is 25.1 Å². The number of para-hydroxylation sites is 1. The number of aromatic nitrogens is 2. The normalized spacial score (nSPS) is 21.0. The standard InChI is InChI=1S/C29H32N4O3S/c1-5-13-35-24-11-12-25(19(2)14-24)27-22(18-33(31-27)23-9-7-6-8-10-23)15-26-28(34)30-29(37-26)32-16-20(3)36-21(4)17-32/h6-12,14-15,18,20-21H,5,13,16-17H2,1-4H3/b26-15-/t20-,21-/m0/s1. The van der Waals surface area contributed by atoms with E-state index in [-0.39, 0.29) is 18.1 Å². The molecule has 3 heterocycles. The summed E-state index contributed by atoms with van der Waals surface area (Å²) in [6.45, 7) is 10.4. The highest BCUT2D eigenvalue weighted by Crippen LogP contribution is 2.35. The molecular formula is C29H32N4O3S. The van der Waals surface area contributed by atoms with Crippen molar-refractivity contribution in [2.45, 2.75) is 46.3 Å². The Morgan fingerprint density at radius 2 is 1.89 bits per heavy atom. The predicted octanol–water partition coefficient (Wildman–Crippen LogP) is 5.72. The molecule has 1 saturated heterocycles. The topological polar surface area (TPSA) is 68.9 Å². The Kier molecular flexibility index (Phi) is 7.48. The van der Waals surface area contributed by atoms with E-state index in [1.807, 2.05) is 79.3 Å². The van der Waals surface area contributed by atoms with Crippen LogP contribution in [0.15, 0.2) is 64.6 Å². The largest absolute Gasteiger partial charge is 0.494 e. The molecule has 3 aromatic rings. The summed E-state index contributed by atoms with van der Waals surface area (Å²) in [5.41, 5.74) is 4.69. The molecule has 8 heteroatoms. The monoisotopic (exact) mass is 516 g/mol. The van der Waals surface area contributed by atoms with E-state index in [2.05, 4.69) is 23.7 Å². The molecule has 0 aliphatic carbocycles. The summed E-state index contributed by atoms with van der Waals surface area (Å²) in [5, 5.41) is 5.69. The molecule has 0 unspecified atom stereocenters. The van der Waals surface area contributed by atoms with Crippen molar-refractivity contribution in [1.29, 1.82) is 0 Å². The molecule has 0 saturated carbocycles. The molecule has 1 fully saturated rings. The second-order valence-electron chi connectivity index (χ2n) is 9.51. The van der Waals surface area contributed by atoms with Crippen LogP contribution in [0.5, 0.6) is 5.75 Å². The summed E-state index contributed by atoms with van der Waals surface area (Å²) in [7, 11) is 0. The lowest BCUT2D eigenvalue weighted by Crippen LogP contribution is -2.47. The first-order valence-corrected chi connectivity index (χ1v) is 13.5. The van der Waals surface area contributed by atoms with E-state index in [4.69, 9.17) is 14.6 Å². The van der Waals surface area contributed by atoms with E-state index in [9.17, 15) is 4.79 Å². The van der Waals surface area contributed by atoms with E-state index >= 15 is 0 Å². The molecule has 2 aromatic carbocycles. The molecule has 2 aliphatic rings. The molecule has 7 nitrogen and oxygen atoms in total. The van der Waals surface area contributed by atoms with Crippen LogP contribution in [-0.2, 0) is 9.53 Å². The average molecular weight is 517 g/mol. The third kappa shape index (κ3) is 5.65. The van der Waals surface area contributed by atoms with Crippen LogP contribution in [0.25, 0.3) is 23.0 Å². The molecule has 2 aliphatic heterocycles. The number of hydrogen-bond donors (Lipinski definition) is 0. The van der Waals surface area contributed by atoms with Crippen LogP contribution < -0.4 is 4.74 Å². The smallest absolute Gasteiger partial charge is 0.286 e. The Hall–Kier alpha value is -3.36. The molecule has 192 valence electrons. The van der Waals surface area contributed by atoms with Crippen molar-refractivity contribution >= 4 is 28.9 Å². The van der Waals surface area contributed by atoms with Crippen LogP contribution in [0.3, 0.4) is 0 Å². The number of nitrogens with zero attached hydrogens (tertiary/aromatic N) is 4. The molecule has 5 rings (SSSR count). The fourth-order valence-electron chi connectivity index (χ4n) is 4.64. The van der Waals surface area contributed by atoms with Crippen molar-refractivity contribution in [3.8, 4) is 22.7 Å². The van der Waals surface area contributed by atoms with E-state index in [0.29, 0.717) is 11.5 Å². The Labute approximate surface area is 222 Å². The minimum atomic E-state index is -0.217. The molecular weight excluding hydrogens is 484 g/mol. The molecule has 0 N–H and O–H groups in total. The number of benzene rings is 2. The van der Waals surface area contributed by atoms with Gasteiger partial charge in [0.2, 0.25) is 0 Å². The molecule has 2 atom stereocenters. The van der Waals surface area contributed by atoms with Gasteiger partial charge in [-0.3, -0.25) is 4.79 Å². The lowest BCUT2D eigenvalue weighted by atomic mass is 10.0. The molecule has 0 spiro atoms. The van der Waals surface area contributed by atoms with E-state index in [0.717, 1.165) is 58.5 Å². The zero-order valence-electron chi connectivity index (χ0n) is 21.7. The summed E-state index contributed by atoms with van der Waals surface area (Å²) >= 11 is 1.42. The SMILES string of the molecule is CCCOc1ccc(-c2nn(-c3ccccc3)cc2/C=C2\SC(N3C[C@H](C)O[C@@H](C)C3)=NC2=O)c(C)c1. The zero-order valence-corrected chi connectivity index (χ0v) is 22.5. The number of morpholine rings is 1. The van der Waals surface area contributed by atoms with Crippen molar-refractivity contribution < 1.29 is 14.3 Å². The van der Waals surface area contributed by atoms with Gasteiger partial charge in [0.25, 0.3) is 5.91 Å². The first kappa shape index (κ1) is 25.3. The first-order valence-electron chi connectivity index (χ1n) is 12.7. The van der Waals surface area contributed by atoms with Crippen LogP contribution >= 0.6 is 11.8 Å². The van der Waals surface area contributed by atoms with Gasteiger partial charge in [0, 0.05) is 30.4 Å². The Bertz CT molecular complexity index is 1340.